The second-order valence-electron chi connectivity index (χ2n) is 4.30. The zero-order valence-corrected chi connectivity index (χ0v) is 10.7. The summed E-state index contributed by atoms with van der Waals surface area (Å²) < 4.78 is 0. The third kappa shape index (κ3) is 3.14. The number of nitrogens with zero attached hydrogens (tertiary/aromatic N) is 2. The molecule has 0 aliphatic heterocycles. The van der Waals surface area contributed by atoms with Crippen molar-refractivity contribution in [3.8, 4) is 0 Å². The topological polar surface area (TPSA) is 118 Å². The quantitative estimate of drug-likeness (QED) is 0.670. The number of nitrogens with one attached hydrogen (secondary N) is 1. The molecule has 20 heavy (non-hydrogen) atoms. The van der Waals surface area contributed by atoms with Gasteiger partial charge in [0.2, 0.25) is 5.91 Å². The van der Waals surface area contributed by atoms with Crippen molar-refractivity contribution < 1.29 is 9.59 Å². The number of nitrogen functional groups attached to an aromatic ring is 1. The molecule has 104 valence electrons. The summed E-state index contributed by atoms with van der Waals surface area (Å²) >= 11 is 0. The minimum atomic E-state index is -0.590. The SMILES string of the molecule is NC(=O)CN(Cc1ccccc1N)C(=O)c1ccn[nH]1. The van der Waals surface area contributed by atoms with Crippen molar-refractivity contribution in [1.82, 2.24) is 15.1 Å². The number of amides is 2. The maximum absolute atomic E-state index is 12.3. The van der Waals surface area contributed by atoms with E-state index in [0.717, 1.165) is 5.56 Å². The maximum Gasteiger partial charge on any atom is 0.272 e. The summed E-state index contributed by atoms with van der Waals surface area (Å²) in [5.41, 5.74) is 12.6. The molecule has 7 heteroatoms. The number of hydrogen-bond donors (Lipinski definition) is 3. The highest BCUT2D eigenvalue weighted by Gasteiger charge is 2.19. The Morgan fingerprint density at radius 2 is 2.00 bits per heavy atom. The highest BCUT2D eigenvalue weighted by atomic mass is 16.2. The number of benzene rings is 1. The van der Waals surface area contributed by atoms with Crippen LogP contribution in [0.15, 0.2) is 36.5 Å². The van der Waals surface area contributed by atoms with Crippen LogP contribution in [0.1, 0.15) is 16.1 Å². The predicted octanol–water partition coefficient (Wildman–Crippen LogP) is 0.120. The molecule has 0 atom stereocenters. The first-order valence-electron chi connectivity index (χ1n) is 5.98. The van der Waals surface area contributed by atoms with E-state index in [4.69, 9.17) is 11.5 Å². The third-order valence-corrected chi connectivity index (χ3v) is 2.78. The molecule has 0 aliphatic carbocycles. The van der Waals surface area contributed by atoms with Gasteiger partial charge in [0, 0.05) is 18.4 Å². The van der Waals surface area contributed by atoms with Gasteiger partial charge in [-0.15, -0.1) is 0 Å². The van der Waals surface area contributed by atoms with Crippen molar-refractivity contribution in [2.45, 2.75) is 6.54 Å². The molecule has 0 aliphatic rings. The number of aromatic nitrogens is 2. The lowest BCUT2D eigenvalue weighted by Crippen LogP contribution is -2.38. The number of carbonyl (C=O) groups is 2. The number of rotatable bonds is 5. The van der Waals surface area contributed by atoms with Gasteiger partial charge in [0.05, 0.1) is 0 Å². The Balaban J connectivity index is 2.22. The van der Waals surface area contributed by atoms with E-state index in [0.29, 0.717) is 11.4 Å². The molecule has 1 aromatic heterocycles. The normalized spacial score (nSPS) is 10.2. The monoisotopic (exact) mass is 273 g/mol. The van der Waals surface area contributed by atoms with Gasteiger partial charge in [-0.1, -0.05) is 18.2 Å². The van der Waals surface area contributed by atoms with Crippen molar-refractivity contribution in [3.05, 3.63) is 47.8 Å². The fraction of sp³-hybridized carbons (Fsp3) is 0.154. The van der Waals surface area contributed by atoms with E-state index in [-0.39, 0.29) is 19.0 Å². The molecule has 1 aromatic carbocycles. The summed E-state index contributed by atoms with van der Waals surface area (Å²) in [7, 11) is 0. The van der Waals surface area contributed by atoms with E-state index < -0.39 is 5.91 Å². The molecule has 0 saturated carbocycles. The van der Waals surface area contributed by atoms with Crippen LogP contribution in [0, 0.1) is 0 Å². The molecule has 0 saturated heterocycles. The highest BCUT2D eigenvalue weighted by Crippen LogP contribution is 2.14. The second-order valence-corrected chi connectivity index (χ2v) is 4.30. The zero-order valence-electron chi connectivity index (χ0n) is 10.7. The molecule has 0 spiro atoms. The first kappa shape index (κ1) is 13.6. The van der Waals surface area contributed by atoms with E-state index >= 15 is 0 Å². The Morgan fingerprint density at radius 1 is 1.25 bits per heavy atom. The Morgan fingerprint density at radius 3 is 2.60 bits per heavy atom. The fourth-order valence-electron chi connectivity index (χ4n) is 1.82. The first-order chi connectivity index (χ1) is 9.58. The van der Waals surface area contributed by atoms with Crippen molar-refractivity contribution in [2.75, 3.05) is 12.3 Å². The summed E-state index contributed by atoms with van der Waals surface area (Å²) in [6.45, 7) is 0.0135. The van der Waals surface area contributed by atoms with Crippen LogP contribution in [-0.4, -0.2) is 33.5 Å². The third-order valence-electron chi connectivity index (χ3n) is 2.78. The molecule has 7 nitrogen and oxygen atoms in total. The molecule has 2 aromatic rings. The van der Waals surface area contributed by atoms with Gasteiger partial charge >= 0.3 is 0 Å². The Hall–Kier alpha value is -2.83. The number of hydrogen-bond acceptors (Lipinski definition) is 4. The summed E-state index contributed by atoms with van der Waals surface area (Å²) in [5, 5.41) is 6.28. The Kier molecular flexibility index (Phi) is 3.99. The molecule has 2 amide bonds. The van der Waals surface area contributed by atoms with Gasteiger partial charge in [-0.3, -0.25) is 14.7 Å². The van der Waals surface area contributed by atoms with Crippen LogP contribution in [0.5, 0.6) is 0 Å². The largest absolute Gasteiger partial charge is 0.398 e. The predicted molar refractivity (Wildman–Crippen MR) is 73.4 cm³/mol. The Labute approximate surface area is 115 Å². The van der Waals surface area contributed by atoms with Crippen LogP contribution in [0.2, 0.25) is 0 Å². The Bertz CT molecular complexity index is 609. The first-order valence-corrected chi connectivity index (χ1v) is 5.98. The minimum Gasteiger partial charge on any atom is -0.398 e. The standard InChI is InChI=1S/C13H15N5O2/c14-10-4-2-1-3-9(10)7-18(8-12(15)19)13(20)11-5-6-16-17-11/h1-6H,7-8,14H2,(H2,15,19)(H,16,17). The minimum absolute atomic E-state index is 0.188. The molecule has 1 heterocycles. The molecule has 0 unspecified atom stereocenters. The average molecular weight is 273 g/mol. The summed E-state index contributed by atoms with van der Waals surface area (Å²) in [6, 6.07) is 8.68. The lowest BCUT2D eigenvalue weighted by Gasteiger charge is -2.21. The second kappa shape index (κ2) is 5.87. The number of carbonyl (C=O) groups excluding carboxylic acids is 2. The molecular formula is C13H15N5O2. The van der Waals surface area contributed by atoms with Crippen molar-refractivity contribution in [2.24, 2.45) is 5.73 Å². The van der Waals surface area contributed by atoms with Gasteiger partial charge in [-0.05, 0) is 17.7 Å². The molecule has 0 bridgehead atoms. The number of para-hydroxylation sites is 1. The van der Waals surface area contributed by atoms with Gasteiger partial charge in [0.1, 0.15) is 12.2 Å². The number of anilines is 1. The molecule has 0 fully saturated rings. The van der Waals surface area contributed by atoms with Crippen LogP contribution < -0.4 is 11.5 Å². The van der Waals surface area contributed by atoms with Crippen molar-refractivity contribution in [1.29, 1.82) is 0 Å². The molecular weight excluding hydrogens is 258 g/mol. The zero-order chi connectivity index (χ0) is 14.5. The van der Waals surface area contributed by atoms with E-state index in [1.54, 1.807) is 18.2 Å². The summed E-state index contributed by atoms with van der Waals surface area (Å²) in [4.78, 5) is 24.7. The number of aromatic amines is 1. The van der Waals surface area contributed by atoms with Gasteiger partial charge < -0.3 is 16.4 Å². The van der Waals surface area contributed by atoms with Crippen LogP contribution in [0.25, 0.3) is 0 Å². The lowest BCUT2D eigenvalue weighted by atomic mass is 10.1. The van der Waals surface area contributed by atoms with Gasteiger partial charge in [0.15, 0.2) is 0 Å². The number of nitrogens with two attached hydrogens (primary N) is 2. The fourth-order valence-corrected chi connectivity index (χ4v) is 1.82. The maximum atomic E-state index is 12.3. The van der Waals surface area contributed by atoms with E-state index in [2.05, 4.69) is 10.2 Å². The average Bonchev–Trinajstić information content (AvgIpc) is 2.93. The van der Waals surface area contributed by atoms with E-state index in [1.807, 2.05) is 6.07 Å². The smallest absolute Gasteiger partial charge is 0.272 e. The van der Waals surface area contributed by atoms with Crippen LogP contribution in [0.3, 0.4) is 0 Å². The van der Waals surface area contributed by atoms with Crippen LogP contribution in [0.4, 0.5) is 5.69 Å². The van der Waals surface area contributed by atoms with Crippen LogP contribution >= 0.6 is 0 Å². The molecule has 5 N–H and O–H groups in total. The lowest BCUT2D eigenvalue weighted by molar-refractivity contribution is -0.118. The molecule has 2 rings (SSSR count). The number of H-pyrrole nitrogens is 1. The van der Waals surface area contributed by atoms with Crippen LogP contribution in [-0.2, 0) is 11.3 Å². The number of primary amides is 1. The summed E-state index contributed by atoms with van der Waals surface area (Å²) in [6.07, 6.45) is 1.46. The summed E-state index contributed by atoms with van der Waals surface area (Å²) in [5.74, 6) is -0.947. The van der Waals surface area contributed by atoms with Crippen molar-refractivity contribution >= 4 is 17.5 Å². The molecule has 0 radical (unpaired) electrons. The highest BCUT2D eigenvalue weighted by molar-refractivity contribution is 5.94. The van der Waals surface area contributed by atoms with Gasteiger partial charge in [0.25, 0.3) is 5.91 Å². The van der Waals surface area contributed by atoms with Gasteiger partial charge in [-0.2, -0.15) is 5.10 Å². The van der Waals surface area contributed by atoms with Gasteiger partial charge in [-0.25, -0.2) is 0 Å². The van der Waals surface area contributed by atoms with E-state index in [9.17, 15) is 9.59 Å². The van der Waals surface area contributed by atoms with Crippen molar-refractivity contribution in [3.63, 3.8) is 0 Å². The van der Waals surface area contributed by atoms with E-state index in [1.165, 1.54) is 17.2 Å².